The normalized spacial score (nSPS) is 13.5. The molecule has 0 heterocycles. The minimum Gasteiger partial charge on any atom is -0.310 e. The molecule has 1 nitrogen and oxygen atoms in total. The number of fused-ring (bicyclic) bond motifs is 5. The molecule has 0 spiro atoms. The van der Waals surface area contributed by atoms with Crippen molar-refractivity contribution in [3.8, 4) is 22.3 Å². The van der Waals surface area contributed by atoms with Gasteiger partial charge in [0.05, 0.1) is 5.69 Å². The van der Waals surface area contributed by atoms with E-state index in [1.807, 2.05) is 0 Å². The maximum absolute atomic E-state index is 2.48. The number of nitrogens with zero attached hydrogens (tertiary/aromatic N) is 1. The summed E-state index contributed by atoms with van der Waals surface area (Å²) in [7, 11) is 0. The second kappa shape index (κ2) is 10.5. The van der Waals surface area contributed by atoms with Crippen molar-refractivity contribution in [1.29, 1.82) is 0 Å². The van der Waals surface area contributed by atoms with Crippen LogP contribution in [-0.2, 0) is 10.8 Å². The van der Waals surface area contributed by atoms with Crippen molar-refractivity contribution in [2.75, 3.05) is 4.90 Å². The van der Waals surface area contributed by atoms with E-state index in [1.165, 1.54) is 71.9 Å². The maximum atomic E-state index is 2.48. The summed E-state index contributed by atoms with van der Waals surface area (Å²) in [5.41, 5.74) is 12.7. The Balaban J connectivity index is 1.43. The monoisotopic (exact) mass is 593 g/mol. The van der Waals surface area contributed by atoms with Gasteiger partial charge in [-0.3, -0.25) is 0 Å². The Labute approximate surface area is 272 Å². The summed E-state index contributed by atoms with van der Waals surface area (Å²) in [4.78, 5) is 2.48. The molecule has 224 valence electrons. The molecule has 0 saturated heterocycles. The van der Waals surface area contributed by atoms with E-state index < -0.39 is 0 Å². The highest BCUT2D eigenvalue weighted by atomic mass is 15.1. The van der Waals surface area contributed by atoms with Gasteiger partial charge in [-0.2, -0.15) is 0 Å². The summed E-state index contributed by atoms with van der Waals surface area (Å²) in [5.74, 6) is 0. The van der Waals surface area contributed by atoms with Gasteiger partial charge < -0.3 is 4.90 Å². The number of anilines is 3. The molecule has 0 aromatic heterocycles. The van der Waals surface area contributed by atoms with Crippen molar-refractivity contribution in [3.63, 3.8) is 0 Å². The third kappa shape index (κ3) is 4.45. The standard InChI is InChI=1S/C45H39N/c1-44(2,3)32-22-24-33(25-23-32)46(34-26-27-38-37-18-10-11-20-40(37)45(4,5)41(38)29-34)42-28-21-31-14-7-9-17-36(31)43(42)39-19-12-15-30-13-6-8-16-35(30)39/h6-29H,1-5H3. The highest BCUT2D eigenvalue weighted by Gasteiger charge is 2.36. The molecule has 0 fully saturated rings. The van der Waals surface area contributed by atoms with E-state index in [2.05, 4.69) is 185 Å². The molecule has 0 saturated carbocycles. The molecule has 0 bridgehead atoms. The van der Waals surface area contributed by atoms with Gasteiger partial charge in [0.25, 0.3) is 0 Å². The predicted octanol–water partition coefficient (Wildman–Crippen LogP) is 12.7. The van der Waals surface area contributed by atoms with Crippen LogP contribution in [0.15, 0.2) is 146 Å². The van der Waals surface area contributed by atoms with Crippen LogP contribution in [0.2, 0.25) is 0 Å². The Bertz CT molecular complexity index is 2260. The van der Waals surface area contributed by atoms with Crippen molar-refractivity contribution in [3.05, 3.63) is 162 Å². The highest BCUT2D eigenvalue weighted by Crippen LogP contribution is 2.52. The Morgan fingerprint density at radius 3 is 1.83 bits per heavy atom. The smallest absolute Gasteiger partial charge is 0.0546 e. The minimum atomic E-state index is -0.0917. The van der Waals surface area contributed by atoms with Crippen LogP contribution < -0.4 is 4.90 Å². The number of hydrogen-bond acceptors (Lipinski definition) is 1. The predicted molar refractivity (Wildman–Crippen MR) is 198 cm³/mol. The van der Waals surface area contributed by atoms with E-state index in [0.29, 0.717) is 0 Å². The summed E-state index contributed by atoms with van der Waals surface area (Å²) >= 11 is 0. The van der Waals surface area contributed by atoms with E-state index in [0.717, 1.165) is 5.69 Å². The third-order valence-corrected chi connectivity index (χ3v) is 10.0. The van der Waals surface area contributed by atoms with Crippen LogP contribution >= 0.6 is 0 Å². The first-order valence-corrected chi connectivity index (χ1v) is 16.4. The maximum Gasteiger partial charge on any atom is 0.0546 e. The van der Waals surface area contributed by atoms with Gasteiger partial charge in [-0.05, 0) is 90.7 Å². The van der Waals surface area contributed by atoms with E-state index >= 15 is 0 Å². The van der Waals surface area contributed by atoms with Crippen LogP contribution in [0, 0.1) is 0 Å². The Morgan fingerprint density at radius 1 is 0.478 bits per heavy atom. The molecule has 0 unspecified atom stereocenters. The molecule has 0 atom stereocenters. The van der Waals surface area contributed by atoms with Gasteiger partial charge in [0.1, 0.15) is 0 Å². The summed E-state index contributed by atoms with van der Waals surface area (Å²) in [6, 6.07) is 54.1. The van der Waals surface area contributed by atoms with Crippen LogP contribution in [-0.4, -0.2) is 0 Å². The average Bonchev–Trinajstić information content (AvgIpc) is 3.30. The molecule has 0 N–H and O–H groups in total. The molecule has 0 amide bonds. The Hall–Kier alpha value is -5.14. The van der Waals surface area contributed by atoms with Gasteiger partial charge in [0.15, 0.2) is 0 Å². The van der Waals surface area contributed by atoms with Gasteiger partial charge in [0.2, 0.25) is 0 Å². The lowest BCUT2D eigenvalue weighted by molar-refractivity contribution is 0.590. The highest BCUT2D eigenvalue weighted by molar-refractivity contribution is 6.11. The zero-order chi connectivity index (χ0) is 31.6. The largest absolute Gasteiger partial charge is 0.310 e. The quantitative estimate of drug-likeness (QED) is 0.196. The lowest BCUT2D eigenvalue weighted by atomic mass is 9.82. The van der Waals surface area contributed by atoms with Crippen LogP contribution in [0.1, 0.15) is 51.3 Å². The van der Waals surface area contributed by atoms with Gasteiger partial charge in [-0.25, -0.2) is 0 Å². The number of benzene rings is 7. The zero-order valence-corrected chi connectivity index (χ0v) is 27.3. The van der Waals surface area contributed by atoms with Crippen molar-refractivity contribution in [1.82, 2.24) is 0 Å². The van der Waals surface area contributed by atoms with Gasteiger partial charge >= 0.3 is 0 Å². The van der Waals surface area contributed by atoms with Crippen molar-refractivity contribution < 1.29 is 0 Å². The van der Waals surface area contributed by atoms with Gasteiger partial charge in [-0.1, -0.05) is 150 Å². The number of hydrogen-bond donors (Lipinski definition) is 0. The Kier molecular flexibility index (Phi) is 6.44. The van der Waals surface area contributed by atoms with E-state index in [9.17, 15) is 0 Å². The molecule has 1 aliphatic rings. The molecule has 1 aliphatic carbocycles. The second-order valence-electron chi connectivity index (χ2n) is 14.2. The first-order valence-electron chi connectivity index (χ1n) is 16.4. The first-order chi connectivity index (χ1) is 22.2. The SMILES string of the molecule is CC(C)(C)c1ccc(N(c2ccc3c(c2)C(C)(C)c2ccccc2-3)c2ccc3ccccc3c2-c2cccc3ccccc23)cc1. The zero-order valence-electron chi connectivity index (χ0n) is 27.3. The Morgan fingerprint density at radius 2 is 1.07 bits per heavy atom. The minimum absolute atomic E-state index is 0.0732. The van der Waals surface area contributed by atoms with E-state index in [-0.39, 0.29) is 10.8 Å². The molecule has 46 heavy (non-hydrogen) atoms. The second-order valence-corrected chi connectivity index (χ2v) is 14.2. The molecule has 0 aliphatic heterocycles. The summed E-state index contributed by atoms with van der Waals surface area (Å²) in [6.07, 6.45) is 0. The molecular formula is C45H39N. The molecule has 7 aromatic carbocycles. The molecule has 1 heteroatoms. The van der Waals surface area contributed by atoms with Crippen LogP contribution in [0.25, 0.3) is 43.8 Å². The van der Waals surface area contributed by atoms with Crippen LogP contribution in [0.5, 0.6) is 0 Å². The summed E-state index contributed by atoms with van der Waals surface area (Å²) < 4.78 is 0. The topological polar surface area (TPSA) is 3.24 Å². The fraction of sp³-hybridized carbons (Fsp3) is 0.156. The van der Waals surface area contributed by atoms with E-state index in [4.69, 9.17) is 0 Å². The average molecular weight is 594 g/mol. The van der Waals surface area contributed by atoms with Crippen molar-refractivity contribution in [2.45, 2.75) is 45.4 Å². The van der Waals surface area contributed by atoms with Gasteiger partial charge in [-0.15, -0.1) is 0 Å². The summed E-state index contributed by atoms with van der Waals surface area (Å²) in [6.45, 7) is 11.6. The van der Waals surface area contributed by atoms with Crippen LogP contribution in [0.3, 0.4) is 0 Å². The fourth-order valence-corrected chi connectivity index (χ4v) is 7.54. The lowest BCUT2D eigenvalue weighted by Crippen LogP contribution is -2.17. The lowest BCUT2D eigenvalue weighted by Gasteiger charge is -2.31. The molecule has 0 radical (unpaired) electrons. The van der Waals surface area contributed by atoms with Crippen LogP contribution in [0.4, 0.5) is 17.1 Å². The third-order valence-electron chi connectivity index (χ3n) is 10.0. The van der Waals surface area contributed by atoms with Crippen molar-refractivity contribution in [2.24, 2.45) is 0 Å². The van der Waals surface area contributed by atoms with Crippen molar-refractivity contribution >= 4 is 38.6 Å². The molecule has 7 aromatic rings. The summed E-state index contributed by atoms with van der Waals surface area (Å²) in [5, 5.41) is 5.00. The molecule has 8 rings (SSSR count). The first kappa shape index (κ1) is 28.3. The van der Waals surface area contributed by atoms with E-state index in [1.54, 1.807) is 0 Å². The fourth-order valence-electron chi connectivity index (χ4n) is 7.54. The number of rotatable bonds is 4. The van der Waals surface area contributed by atoms with Gasteiger partial charge in [0, 0.05) is 22.4 Å². The molecular weight excluding hydrogens is 555 g/mol.